The number of carbonyl (C=O) groups is 1. The van der Waals surface area contributed by atoms with Gasteiger partial charge in [-0.15, -0.1) is 0 Å². The lowest BCUT2D eigenvalue weighted by Crippen LogP contribution is -2.28. The zero-order valence-electron chi connectivity index (χ0n) is 16.6. The lowest BCUT2D eigenvalue weighted by Gasteiger charge is -2.15. The smallest absolute Gasteiger partial charge is 0.268 e. The van der Waals surface area contributed by atoms with Gasteiger partial charge in [0.05, 0.1) is 32.7 Å². The number of amides is 1. The Labute approximate surface area is 163 Å². The highest BCUT2D eigenvalue weighted by Crippen LogP contribution is 2.40. The largest absolute Gasteiger partial charge is 0.493 e. The van der Waals surface area contributed by atoms with Crippen LogP contribution in [0.5, 0.6) is 17.2 Å². The number of methoxy groups -OCH3 is 3. The summed E-state index contributed by atoms with van der Waals surface area (Å²) in [5, 5.41) is 11.3. The summed E-state index contributed by atoms with van der Waals surface area (Å²) in [6, 6.07) is 3.32. The Morgan fingerprint density at radius 2 is 1.93 bits per heavy atom. The van der Waals surface area contributed by atoms with Gasteiger partial charge >= 0.3 is 0 Å². The van der Waals surface area contributed by atoms with E-state index in [2.05, 4.69) is 15.6 Å². The zero-order valence-corrected chi connectivity index (χ0v) is 16.6. The lowest BCUT2D eigenvalue weighted by atomic mass is 10.1. The van der Waals surface area contributed by atoms with Gasteiger partial charge in [-0.05, 0) is 13.8 Å². The van der Waals surface area contributed by atoms with Gasteiger partial charge in [0.25, 0.3) is 5.91 Å². The number of carbonyl (C=O) groups excluding carboxylic acids is 1. The van der Waals surface area contributed by atoms with Crippen LogP contribution in [0.3, 0.4) is 0 Å². The van der Waals surface area contributed by atoms with Gasteiger partial charge in [-0.2, -0.15) is 5.10 Å². The first-order valence-electron chi connectivity index (χ1n) is 8.88. The maximum absolute atomic E-state index is 12.6. The Bertz CT molecular complexity index is 881. The first kappa shape index (κ1) is 19.5. The third-order valence-corrected chi connectivity index (χ3v) is 4.47. The van der Waals surface area contributed by atoms with Crippen LogP contribution in [0.2, 0.25) is 0 Å². The summed E-state index contributed by atoms with van der Waals surface area (Å²) in [7, 11) is 4.55. The van der Waals surface area contributed by atoms with E-state index >= 15 is 0 Å². The Kier molecular flexibility index (Phi) is 5.72. The van der Waals surface area contributed by atoms with Gasteiger partial charge in [0.15, 0.2) is 11.5 Å². The number of nitrogens with zero attached hydrogens (tertiary/aromatic N) is 3. The van der Waals surface area contributed by atoms with E-state index in [4.69, 9.17) is 19.0 Å². The molecule has 0 aliphatic carbocycles. The van der Waals surface area contributed by atoms with Gasteiger partial charge in [0, 0.05) is 42.5 Å². The second kappa shape index (κ2) is 8.20. The van der Waals surface area contributed by atoms with Crippen LogP contribution >= 0.6 is 0 Å². The van der Waals surface area contributed by atoms with Crippen LogP contribution in [0.15, 0.2) is 23.5 Å². The van der Waals surface area contributed by atoms with E-state index in [0.717, 1.165) is 17.8 Å². The van der Waals surface area contributed by atoms with E-state index in [-0.39, 0.29) is 5.91 Å². The number of hydrogen-bond donors (Lipinski definition) is 1. The molecule has 0 radical (unpaired) electrons. The Balaban J connectivity index is 1.72. The van der Waals surface area contributed by atoms with Gasteiger partial charge in [-0.3, -0.25) is 9.48 Å². The molecule has 1 aromatic heterocycles. The van der Waals surface area contributed by atoms with Gasteiger partial charge in [-0.1, -0.05) is 5.16 Å². The number of aryl methyl sites for hydroxylation is 2. The summed E-state index contributed by atoms with van der Waals surface area (Å²) in [4.78, 5) is 18.0. The van der Waals surface area contributed by atoms with Crippen LogP contribution in [0.4, 0.5) is 5.69 Å². The molecule has 1 N–H and O–H groups in total. The standard InChI is InChI=1S/C19H24N4O5/c1-6-23-10-13(11(2)21-23)14-9-17(28-22-14)19(24)20-12-7-15(25-3)18(27-5)16(8-12)26-4/h7-8,10,17H,6,9H2,1-5H3,(H,20,24)/t17-/m0/s1. The number of anilines is 1. The molecule has 9 heteroatoms. The molecule has 28 heavy (non-hydrogen) atoms. The molecule has 1 aliphatic rings. The molecule has 150 valence electrons. The maximum atomic E-state index is 12.6. The highest BCUT2D eigenvalue weighted by molar-refractivity contribution is 6.06. The molecular formula is C19H24N4O5. The number of rotatable bonds is 7. The quantitative estimate of drug-likeness (QED) is 0.782. The van der Waals surface area contributed by atoms with E-state index in [0.29, 0.717) is 35.1 Å². The fourth-order valence-corrected chi connectivity index (χ4v) is 3.02. The van der Waals surface area contributed by atoms with Crippen LogP contribution in [0.1, 0.15) is 24.6 Å². The third kappa shape index (κ3) is 3.73. The van der Waals surface area contributed by atoms with Crippen molar-refractivity contribution in [2.24, 2.45) is 5.16 Å². The van der Waals surface area contributed by atoms with Crippen molar-refractivity contribution < 1.29 is 23.8 Å². The number of oxime groups is 1. The molecule has 0 unspecified atom stereocenters. The summed E-state index contributed by atoms with van der Waals surface area (Å²) >= 11 is 0. The first-order chi connectivity index (χ1) is 13.5. The molecular weight excluding hydrogens is 364 g/mol. The van der Waals surface area contributed by atoms with Crippen molar-refractivity contribution in [1.82, 2.24) is 9.78 Å². The predicted octanol–water partition coefficient (Wildman–Crippen LogP) is 2.37. The average Bonchev–Trinajstić information content (AvgIpc) is 3.33. The van der Waals surface area contributed by atoms with E-state index < -0.39 is 6.10 Å². The van der Waals surface area contributed by atoms with Crippen LogP contribution in [0.25, 0.3) is 0 Å². The number of ether oxygens (including phenoxy) is 3. The summed E-state index contributed by atoms with van der Waals surface area (Å²) in [6.07, 6.45) is 1.56. The Hall–Kier alpha value is -3.23. The summed E-state index contributed by atoms with van der Waals surface area (Å²) in [5.41, 5.74) is 2.97. The molecule has 0 saturated heterocycles. The minimum absolute atomic E-state index is 0.312. The van der Waals surface area contributed by atoms with Gasteiger partial charge in [0.2, 0.25) is 11.9 Å². The number of nitrogens with one attached hydrogen (secondary N) is 1. The Morgan fingerprint density at radius 1 is 1.25 bits per heavy atom. The van der Waals surface area contributed by atoms with Crippen LogP contribution in [-0.4, -0.2) is 48.8 Å². The molecule has 2 heterocycles. The summed E-state index contributed by atoms with van der Waals surface area (Å²) < 4.78 is 17.7. The van der Waals surface area contributed by atoms with Crippen molar-refractivity contribution in [1.29, 1.82) is 0 Å². The molecule has 0 spiro atoms. The molecule has 1 aliphatic heterocycles. The molecule has 1 aromatic carbocycles. The fourth-order valence-electron chi connectivity index (χ4n) is 3.02. The van der Waals surface area contributed by atoms with Gasteiger partial charge < -0.3 is 24.4 Å². The predicted molar refractivity (Wildman–Crippen MR) is 103 cm³/mol. The monoisotopic (exact) mass is 388 g/mol. The summed E-state index contributed by atoms with van der Waals surface area (Å²) in [5.74, 6) is 1.04. The van der Waals surface area contributed by atoms with Crippen LogP contribution < -0.4 is 19.5 Å². The SMILES string of the molecule is CCn1cc(C2=NO[C@H](C(=O)Nc3cc(OC)c(OC)c(OC)c3)C2)c(C)n1. The van der Waals surface area contributed by atoms with Crippen molar-refractivity contribution in [3.8, 4) is 17.2 Å². The molecule has 2 aromatic rings. The van der Waals surface area contributed by atoms with E-state index in [1.54, 1.807) is 12.1 Å². The normalized spacial score (nSPS) is 15.6. The molecule has 9 nitrogen and oxygen atoms in total. The summed E-state index contributed by atoms with van der Waals surface area (Å²) in [6.45, 7) is 4.68. The first-order valence-corrected chi connectivity index (χ1v) is 8.88. The minimum Gasteiger partial charge on any atom is -0.493 e. The molecule has 1 amide bonds. The van der Waals surface area contributed by atoms with Crippen LogP contribution in [0, 0.1) is 6.92 Å². The topological polar surface area (TPSA) is 96.2 Å². The maximum Gasteiger partial charge on any atom is 0.268 e. The molecule has 0 fully saturated rings. The van der Waals surface area contributed by atoms with Crippen molar-refractivity contribution in [2.75, 3.05) is 26.6 Å². The third-order valence-electron chi connectivity index (χ3n) is 4.47. The van der Waals surface area contributed by atoms with Gasteiger partial charge in [0.1, 0.15) is 0 Å². The van der Waals surface area contributed by atoms with Crippen molar-refractivity contribution in [2.45, 2.75) is 32.9 Å². The van der Waals surface area contributed by atoms with E-state index in [9.17, 15) is 4.79 Å². The zero-order chi connectivity index (χ0) is 20.3. The minimum atomic E-state index is -0.724. The average molecular weight is 388 g/mol. The van der Waals surface area contributed by atoms with Crippen LogP contribution in [-0.2, 0) is 16.2 Å². The molecule has 0 saturated carbocycles. The molecule has 1 atom stereocenters. The second-order valence-corrected chi connectivity index (χ2v) is 6.22. The van der Waals surface area contributed by atoms with E-state index in [1.807, 2.05) is 24.7 Å². The van der Waals surface area contributed by atoms with Crippen molar-refractivity contribution in [3.05, 3.63) is 29.6 Å². The fraction of sp³-hybridized carbons (Fsp3) is 0.421. The Morgan fingerprint density at radius 3 is 2.46 bits per heavy atom. The number of aromatic nitrogens is 2. The highest BCUT2D eigenvalue weighted by Gasteiger charge is 2.30. The number of hydrogen-bond acceptors (Lipinski definition) is 7. The van der Waals surface area contributed by atoms with E-state index in [1.165, 1.54) is 21.3 Å². The van der Waals surface area contributed by atoms with Crippen molar-refractivity contribution >= 4 is 17.3 Å². The lowest BCUT2D eigenvalue weighted by molar-refractivity contribution is -0.125. The van der Waals surface area contributed by atoms with Gasteiger partial charge in [-0.25, -0.2) is 0 Å². The molecule has 3 rings (SSSR count). The second-order valence-electron chi connectivity index (χ2n) is 6.22. The highest BCUT2D eigenvalue weighted by atomic mass is 16.6. The molecule has 0 bridgehead atoms. The van der Waals surface area contributed by atoms with Crippen molar-refractivity contribution in [3.63, 3.8) is 0 Å². The number of benzene rings is 1.